The molecule has 2 nitrogen and oxygen atoms in total. The molecule has 0 heterocycles. The fourth-order valence-electron chi connectivity index (χ4n) is 2.65. The van der Waals surface area contributed by atoms with Gasteiger partial charge in [0.25, 0.3) is 0 Å². The topological polar surface area (TPSA) is 15.3 Å². The van der Waals surface area contributed by atoms with Gasteiger partial charge in [-0.05, 0) is 31.4 Å². The van der Waals surface area contributed by atoms with Gasteiger partial charge in [-0.25, -0.2) is 0 Å². The highest BCUT2D eigenvalue weighted by Gasteiger charge is 2.34. The lowest BCUT2D eigenvalue weighted by Crippen LogP contribution is -2.38. The summed E-state index contributed by atoms with van der Waals surface area (Å²) in [5, 5.41) is 3.36. The molecule has 1 unspecified atom stereocenters. The van der Waals surface area contributed by atoms with Crippen LogP contribution >= 0.6 is 0 Å². The van der Waals surface area contributed by atoms with E-state index in [1.165, 1.54) is 24.9 Å². The Morgan fingerprint density at radius 2 is 1.89 bits per heavy atom. The summed E-state index contributed by atoms with van der Waals surface area (Å²) >= 11 is 0. The van der Waals surface area contributed by atoms with Crippen molar-refractivity contribution >= 4 is 0 Å². The maximum Gasteiger partial charge on any atom is 0.0475 e. The fraction of sp³-hybridized carbons (Fsp3) is 0.625. The molecule has 0 radical (unpaired) electrons. The van der Waals surface area contributed by atoms with Crippen LogP contribution in [-0.2, 0) is 0 Å². The summed E-state index contributed by atoms with van der Waals surface area (Å²) in [6.45, 7) is 6.87. The summed E-state index contributed by atoms with van der Waals surface area (Å²) in [7, 11) is 2.05. The number of nitrogens with one attached hydrogen (secondary N) is 1. The van der Waals surface area contributed by atoms with Gasteiger partial charge >= 0.3 is 0 Å². The molecule has 0 aliphatic heterocycles. The maximum absolute atomic E-state index is 3.36. The van der Waals surface area contributed by atoms with Crippen molar-refractivity contribution in [1.82, 2.24) is 10.2 Å². The van der Waals surface area contributed by atoms with Gasteiger partial charge in [0.1, 0.15) is 0 Å². The van der Waals surface area contributed by atoms with E-state index >= 15 is 0 Å². The number of likely N-dealkylation sites (N-methyl/N-ethyl adjacent to an activating group) is 1. The predicted molar refractivity (Wildman–Crippen MR) is 77.7 cm³/mol. The molecular formula is C16H26N2. The monoisotopic (exact) mass is 246 g/mol. The van der Waals surface area contributed by atoms with Gasteiger partial charge in [-0.15, -0.1) is 0 Å². The molecule has 100 valence electrons. The van der Waals surface area contributed by atoms with Gasteiger partial charge in [-0.3, -0.25) is 4.90 Å². The average molecular weight is 246 g/mol. The molecule has 1 saturated carbocycles. The molecule has 1 aliphatic carbocycles. The Hall–Kier alpha value is -0.860. The number of rotatable bonds is 7. The van der Waals surface area contributed by atoms with Crippen LogP contribution in [0, 0.1) is 5.92 Å². The van der Waals surface area contributed by atoms with Crippen molar-refractivity contribution in [3.8, 4) is 0 Å². The molecule has 1 atom stereocenters. The average Bonchev–Trinajstić information content (AvgIpc) is 3.18. The number of hydrogen-bond acceptors (Lipinski definition) is 2. The van der Waals surface area contributed by atoms with E-state index in [-0.39, 0.29) is 0 Å². The second kappa shape index (κ2) is 6.35. The van der Waals surface area contributed by atoms with Crippen LogP contribution in [0.1, 0.15) is 38.3 Å². The van der Waals surface area contributed by atoms with Crippen molar-refractivity contribution in [3.05, 3.63) is 35.9 Å². The molecule has 0 bridgehead atoms. The van der Waals surface area contributed by atoms with Crippen LogP contribution in [0.3, 0.4) is 0 Å². The van der Waals surface area contributed by atoms with E-state index in [2.05, 4.69) is 61.4 Å². The first-order valence-corrected chi connectivity index (χ1v) is 7.17. The van der Waals surface area contributed by atoms with Crippen LogP contribution in [0.4, 0.5) is 0 Å². The summed E-state index contributed by atoms with van der Waals surface area (Å²) in [6.07, 6.45) is 2.75. The molecule has 2 rings (SSSR count). The van der Waals surface area contributed by atoms with Crippen molar-refractivity contribution in [2.75, 3.05) is 20.1 Å². The van der Waals surface area contributed by atoms with Gasteiger partial charge in [-0.2, -0.15) is 0 Å². The van der Waals surface area contributed by atoms with E-state index in [9.17, 15) is 0 Å². The normalized spacial score (nSPS) is 17.4. The van der Waals surface area contributed by atoms with Crippen LogP contribution in [0.15, 0.2) is 30.3 Å². The van der Waals surface area contributed by atoms with Gasteiger partial charge in [-0.1, -0.05) is 44.2 Å². The molecule has 18 heavy (non-hydrogen) atoms. The van der Waals surface area contributed by atoms with Gasteiger partial charge in [0, 0.05) is 25.2 Å². The van der Waals surface area contributed by atoms with E-state index in [4.69, 9.17) is 0 Å². The van der Waals surface area contributed by atoms with Gasteiger partial charge < -0.3 is 5.32 Å². The third-order valence-corrected chi connectivity index (χ3v) is 3.57. The lowest BCUT2D eigenvalue weighted by molar-refractivity contribution is 0.164. The minimum Gasteiger partial charge on any atom is -0.318 e. The number of nitrogens with zero attached hydrogens (tertiary/aromatic N) is 1. The van der Waals surface area contributed by atoms with E-state index < -0.39 is 0 Å². The summed E-state index contributed by atoms with van der Waals surface area (Å²) in [4.78, 5) is 2.70. The lowest BCUT2D eigenvalue weighted by atomic mass is 10.0. The van der Waals surface area contributed by atoms with Crippen LogP contribution in [0.25, 0.3) is 0 Å². The summed E-state index contributed by atoms with van der Waals surface area (Å²) < 4.78 is 0. The molecular weight excluding hydrogens is 220 g/mol. The van der Waals surface area contributed by atoms with Crippen molar-refractivity contribution in [3.63, 3.8) is 0 Å². The minimum absolute atomic E-state index is 0.520. The summed E-state index contributed by atoms with van der Waals surface area (Å²) in [5.74, 6) is 0.730. The van der Waals surface area contributed by atoms with Crippen LogP contribution in [0.5, 0.6) is 0 Å². The fourth-order valence-corrected chi connectivity index (χ4v) is 2.65. The van der Waals surface area contributed by atoms with E-state index in [0.29, 0.717) is 6.04 Å². The summed E-state index contributed by atoms with van der Waals surface area (Å²) in [5.41, 5.74) is 1.44. The molecule has 2 heteroatoms. The Morgan fingerprint density at radius 3 is 2.39 bits per heavy atom. The number of benzene rings is 1. The molecule has 1 aliphatic rings. The Bertz CT molecular complexity index is 343. The van der Waals surface area contributed by atoms with Crippen molar-refractivity contribution in [2.24, 2.45) is 5.92 Å². The second-order valence-electron chi connectivity index (χ2n) is 5.81. The highest BCUT2D eigenvalue weighted by Crippen LogP contribution is 2.34. The van der Waals surface area contributed by atoms with Gasteiger partial charge in [0.15, 0.2) is 0 Å². The van der Waals surface area contributed by atoms with E-state index in [0.717, 1.165) is 18.5 Å². The molecule has 0 aromatic heterocycles. The molecule has 1 N–H and O–H groups in total. The zero-order valence-electron chi connectivity index (χ0n) is 11.9. The zero-order valence-corrected chi connectivity index (χ0v) is 11.9. The lowest BCUT2D eigenvalue weighted by Gasteiger charge is -2.33. The smallest absolute Gasteiger partial charge is 0.0475 e. The quantitative estimate of drug-likeness (QED) is 0.795. The Morgan fingerprint density at radius 1 is 1.22 bits per heavy atom. The van der Waals surface area contributed by atoms with Crippen molar-refractivity contribution < 1.29 is 0 Å². The Kier molecular flexibility index (Phi) is 4.79. The Labute approximate surface area is 111 Å². The largest absolute Gasteiger partial charge is 0.318 e. The molecule has 0 amide bonds. The highest BCUT2D eigenvalue weighted by atomic mass is 15.2. The molecule has 1 aromatic carbocycles. The first-order valence-electron chi connectivity index (χ1n) is 7.17. The number of hydrogen-bond donors (Lipinski definition) is 1. The molecule has 1 aromatic rings. The molecule has 1 fully saturated rings. The van der Waals surface area contributed by atoms with Crippen LogP contribution < -0.4 is 5.32 Å². The maximum atomic E-state index is 3.36. The first-order chi connectivity index (χ1) is 8.72. The van der Waals surface area contributed by atoms with E-state index in [1.54, 1.807) is 0 Å². The third kappa shape index (κ3) is 3.56. The molecule has 0 spiro atoms. The summed E-state index contributed by atoms with van der Waals surface area (Å²) in [6, 6.07) is 12.3. The van der Waals surface area contributed by atoms with Crippen LogP contribution in [-0.4, -0.2) is 31.1 Å². The standard InChI is InChI=1S/C16H26N2/c1-13(2)12-18(15-9-10-15)16(11-17-3)14-7-5-4-6-8-14/h4-8,13,15-17H,9-12H2,1-3H3. The SMILES string of the molecule is CNCC(c1ccccc1)N(CC(C)C)C1CC1. The predicted octanol–water partition coefficient (Wildman–Crippen LogP) is 3.07. The Balaban J connectivity index is 2.16. The second-order valence-corrected chi connectivity index (χ2v) is 5.81. The van der Waals surface area contributed by atoms with Crippen molar-refractivity contribution in [1.29, 1.82) is 0 Å². The van der Waals surface area contributed by atoms with Crippen molar-refractivity contribution in [2.45, 2.75) is 38.8 Å². The third-order valence-electron chi connectivity index (χ3n) is 3.57. The minimum atomic E-state index is 0.520. The van der Waals surface area contributed by atoms with Gasteiger partial charge in [0.2, 0.25) is 0 Å². The van der Waals surface area contributed by atoms with E-state index in [1.807, 2.05) is 0 Å². The highest BCUT2D eigenvalue weighted by molar-refractivity contribution is 5.20. The zero-order chi connectivity index (χ0) is 13.0. The first kappa shape index (κ1) is 13.6. The van der Waals surface area contributed by atoms with Crippen LogP contribution in [0.2, 0.25) is 0 Å². The molecule has 0 saturated heterocycles. The van der Waals surface area contributed by atoms with Gasteiger partial charge in [0.05, 0.1) is 0 Å².